The fourth-order valence-electron chi connectivity index (χ4n) is 3.55. The Balaban J connectivity index is 1.71. The Morgan fingerprint density at radius 2 is 1.93 bits per heavy atom. The number of hydrogen-bond acceptors (Lipinski definition) is 5. The number of amides is 3. The quantitative estimate of drug-likeness (QED) is 0.670. The van der Waals surface area contributed by atoms with Crippen molar-refractivity contribution in [2.45, 2.75) is 45.7 Å². The van der Waals surface area contributed by atoms with Crippen LogP contribution in [0.1, 0.15) is 33.6 Å². The second-order valence-electron chi connectivity index (χ2n) is 8.90. The van der Waals surface area contributed by atoms with Gasteiger partial charge in [-0.25, -0.2) is 0 Å². The van der Waals surface area contributed by atoms with Crippen molar-refractivity contribution in [3.8, 4) is 0 Å². The second-order valence-corrected chi connectivity index (χ2v) is 8.90. The minimum atomic E-state index is -1.01. The van der Waals surface area contributed by atoms with Crippen molar-refractivity contribution in [1.29, 1.82) is 0 Å². The Morgan fingerprint density at radius 1 is 1.28 bits per heavy atom. The molecule has 3 N–H and O–H groups in total. The molecular formula is C21H30N4O4. The summed E-state index contributed by atoms with van der Waals surface area (Å²) < 4.78 is 5.14. The molecule has 1 aliphatic carbocycles. The van der Waals surface area contributed by atoms with Crippen molar-refractivity contribution in [3.05, 3.63) is 24.3 Å². The van der Waals surface area contributed by atoms with Gasteiger partial charge in [0.05, 0.1) is 6.61 Å². The molecule has 1 aromatic rings. The van der Waals surface area contributed by atoms with Crippen LogP contribution in [-0.4, -0.2) is 61.0 Å². The zero-order valence-corrected chi connectivity index (χ0v) is 17.3. The number of rotatable bonds is 7. The first-order chi connectivity index (χ1) is 13.7. The molecule has 3 amide bonds. The molecule has 29 heavy (non-hydrogen) atoms. The van der Waals surface area contributed by atoms with Crippen molar-refractivity contribution in [2.75, 3.05) is 36.5 Å². The third kappa shape index (κ3) is 5.55. The van der Waals surface area contributed by atoms with Crippen LogP contribution < -0.4 is 16.0 Å². The van der Waals surface area contributed by atoms with Crippen molar-refractivity contribution in [1.82, 2.24) is 4.90 Å². The van der Waals surface area contributed by atoms with E-state index in [1.165, 1.54) is 0 Å². The molecule has 8 heteroatoms. The fraction of sp³-hybridized carbons (Fsp3) is 0.571. The zero-order chi connectivity index (χ0) is 21.2. The van der Waals surface area contributed by atoms with E-state index in [9.17, 15) is 14.4 Å². The van der Waals surface area contributed by atoms with E-state index in [0.717, 1.165) is 18.5 Å². The zero-order valence-electron chi connectivity index (χ0n) is 17.3. The number of nitrogens with zero attached hydrogens (tertiary/aromatic N) is 2. The predicted molar refractivity (Wildman–Crippen MR) is 110 cm³/mol. The van der Waals surface area contributed by atoms with Gasteiger partial charge in [0.1, 0.15) is 6.61 Å². The van der Waals surface area contributed by atoms with E-state index in [1.54, 1.807) is 29.2 Å². The summed E-state index contributed by atoms with van der Waals surface area (Å²) in [4.78, 5) is 40.6. The molecule has 158 valence electrons. The maximum atomic E-state index is 12.9. The average molecular weight is 402 g/mol. The van der Waals surface area contributed by atoms with Crippen LogP contribution in [0.15, 0.2) is 24.3 Å². The topological polar surface area (TPSA) is 105 Å². The molecule has 2 aliphatic rings. The summed E-state index contributed by atoms with van der Waals surface area (Å²) in [7, 11) is 0. The lowest BCUT2D eigenvalue weighted by molar-refractivity contribution is -0.133. The molecule has 0 radical (unpaired) electrons. The first-order valence-electron chi connectivity index (χ1n) is 10.00. The van der Waals surface area contributed by atoms with E-state index in [1.807, 2.05) is 4.90 Å². The lowest BCUT2D eigenvalue weighted by Crippen LogP contribution is -2.55. The van der Waals surface area contributed by atoms with E-state index in [2.05, 4.69) is 26.1 Å². The van der Waals surface area contributed by atoms with E-state index >= 15 is 0 Å². The number of nitrogens with two attached hydrogens (primary N) is 1. The third-order valence-corrected chi connectivity index (χ3v) is 4.95. The molecule has 0 bridgehead atoms. The van der Waals surface area contributed by atoms with Crippen molar-refractivity contribution in [2.24, 2.45) is 11.1 Å². The summed E-state index contributed by atoms with van der Waals surface area (Å²) in [5.41, 5.74) is 6.85. The van der Waals surface area contributed by atoms with Crippen LogP contribution >= 0.6 is 0 Å². The number of carbonyl (C=O) groups excluding carboxylic acids is 3. The summed E-state index contributed by atoms with van der Waals surface area (Å²) in [5, 5.41) is 2.80. The van der Waals surface area contributed by atoms with E-state index in [0.29, 0.717) is 25.4 Å². The Bertz CT molecular complexity index is 768. The SMILES string of the molecule is CC(C)(C)CN(C1CC1)[C@@H](C(N)=O)C(=O)Nc1ccc(N2CCOCC2=O)cc1. The minimum absolute atomic E-state index is 0.0666. The van der Waals surface area contributed by atoms with Gasteiger partial charge in [-0.3, -0.25) is 19.3 Å². The van der Waals surface area contributed by atoms with Crippen LogP contribution in [0, 0.1) is 5.41 Å². The molecule has 1 heterocycles. The maximum Gasteiger partial charge on any atom is 0.253 e. The number of benzene rings is 1. The average Bonchev–Trinajstić information content (AvgIpc) is 3.46. The van der Waals surface area contributed by atoms with Gasteiger partial charge in [0.15, 0.2) is 6.04 Å². The normalized spacial score (nSPS) is 18.6. The number of carbonyl (C=O) groups is 3. The van der Waals surface area contributed by atoms with Crippen LogP contribution in [0.5, 0.6) is 0 Å². The molecule has 0 aromatic heterocycles. The number of ether oxygens (including phenoxy) is 1. The van der Waals surface area contributed by atoms with Crippen LogP contribution in [0.3, 0.4) is 0 Å². The van der Waals surface area contributed by atoms with Crippen LogP contribution in [0.4, 0.5) is 11.4 Å². The molecule has 1 aliphatic heterocycles. The highest BCUT2D eigenvalue weighted by molar-refractivity contribution is 6.09. The summed E-state index contributed by atoms with van der Waals surface area (Å²) in [6, 6.07) is 6.19. The Kier molecular flexibility index (Phi) is 6.24. The first-order valence-corrected chi connectivity index (χ1v) is 10.00. The molecule has 0 spiro atoms. The molecular weight excluding hydrogens is 372 g/mol. The van der Waals surface area contributed by atoms with Gasteiger partial charge in [-0.1, -0.05) is 20.8 Å². The molecule has 1 saturated carbocycles. The number of hydrogen-bond donors (Lipinski definition) is 2. The van der Waals surface area contributed by atoms with E-state index < -0.39 is 17.9 Å². The summed E-state index contributed by atoms with van der Waals surface area (Å²) in [6.07, 6.45) is 1.94. The predicted octanol–water partition coefficient (Wildman–Crippen LogP) is 1.35. The van der Waals surface area contributed by atoms with Gasteiger partial charge >= 0.3 is 0 Å². The Morgan fingerprint density at radius 3 is 2.45 bits per heavy atom. The van der Waals surface area contributed by atoms with Gasteiger partial charge < -0.3 is 20.7 Å². The smallest absolute Gasteiger partial charge is 0.253 e. The van der Waals surface area contributed by atoms with Gasteiger partial charge in [0, 0.05) is 30.5 Å². The van der Waals surface area contributed by atoms with Crippen LogP contribution in [0.25, 0.3) is 0 Å². The molecule has 2 fully saturated rings. The Hall–Kier alpha value is -2.45. The molecule has 1 atom stereocenters. The second kappa shape index (κ2) is 8.51. The first kappa shape index (κ1) is 21.3. The summed E-state index contributed by atoms with van der Waals surface area (Å²) >= 11 is 0. The largest absolute Gasteiger partial charge is 0.370 e. The van der Waals surface area contributed by atoms with Crippen LogP contribution in [-0.2, 0) is 19.1 Å². The lowest BCUT2D eigenvalue weighted by Gasteiger charge is -2.34. The number of morpholine rings is 1. The molecule has 1 saturated heterocycles. The highest BCUT2D eigenvalue weighted by atomic mass is 16.5. The maximum absolute atomic E-state index is 12.9. The van der Waals surface area contributed by atoms with Crippen LogP contribution in [0.2, 0.25) is 0 Å². The van der Waals surface area contributed by atoms with Gasteiger partial charge in [-0.2, -0.15) is 0 Å². The monoisotopic (exact) mass is 402 g/mol. The van der Waals surface area contributed by atoms with Crippen molar-refractivity contribution < 1.29 is 19.1 Å². The van der Waals surface area contributed by atoms with Gasteiger partial charge in [-0.05, 0) is 42.5 Å². The van der Waals surface area contributed by atoms with Crippen molar-refractivity contribution >= 4 is 29.1 Å². The number of anilines is 2. The summed E-state index contributed by atoms with van der Waals surface area (Å²) in [6.45, 7) is 7.89. The number of primary amides is 1. The molecule has 1 aromatic carbocycles. The van der Waals surface area contributed by atoms with Gasteiger partial charge in [0.2, 0.25) is 5.91 Å². The molecule has 3 rings (SSSR count). The lowest BCUT2D eigenvalue weighted by atomic mass is 9.94. The molecule has 0 unspecified atom stereocenters. The minimum Gasteiger partial charge on any atom is -0.370 e. The third-order valence-electron chi connectivity index (χ3n) is 4.95. The van der Waals surface area contributed by atoms with Crippen molar-refractivity contribution in [3.63, 3.8) is 0 Å². The van der Waals surface area contributed by atoms with Gasteiger partial charge in [-0.15, -0.1) is 0 Å². The highest BCUT2D eigenvalue weighted by Crippen LogP contribution is 2.32. The highest BCUT2D eigenvalue weighted by Gasteiger charge is 2.42. The summed E-state index contributed by atoms with van der Waals surface area (Å²) in [5.74, 6) is -1.16. The Labute approximate surface area is 171 Å². The fourth-order valence-corrected chi connectivity index (χ4v) is 3.55. The van der Waals surface area contributed by atoms with Gasteiger partial charge in [0.25, 0.3) is 11.8 Å². The number of nitrogens with one attached hydrogen (secondary N) is 1. The molecule has 8 nitrogen and oxygen atoms in total. The van der Waals surface area contributed by atoms with E-state index in [-0.39, 0.29) is 24.0 Å². The standard InChI is InChI=1S/C21H30N4O4/c1-21(2,3)13-25(16-8-9-16)18(19(22)27)20(28)23-14-4-6-15(7-5-14)24-10-11-29-12-17(24)26/h4-7,16,18H,8-13H2,1-3H3,(H2,22,27)(H,23,28)/t18-/m0/s1. The van der Waals surface area contributed by atoms with E-state index in [4.69, 9.17) is 10.5 Å².